The lowest BCUT2D eigenvalue weighted by Gasteiger charge is -2.10. The molecule has 0 unspecified atom stereocenters. The Hall–Kier alpha value is -0.690. The number of nitrogens with zero attached hydrogens (tertiary/aromatic N) is 2. The zero-order valence-corrected chi connectivity index (χ0v) is 14.6. The van der Waals surface area contributed by atoms with Gasteiger partial charge in [0.2, 0.25) is 0 Å². The van der Waals surface area contributed by atoms with Gasteiger partial charge in [0.15, 0.2) is 5.82 Å². The van der Waals surface area contributed by atoms with Gasteiger partial charge in [-0.2, -0.15) is 0 Å². The van der Waals surface area contributed by atoms with Gasteiger partial charge >= 0.3 is 0 Å². The average molecular weight is 422 g/mol. The number of benzene rings is 1. The number of nitrogens with one attached hydrogen (secondary N) is 1. The lowest BCUT2D eigenvalue weighted by atomic mass is 10.3. The second-order valence-electron chi connectivity index (χ2n) is 3.88. The van der Waals surface area contributed by atoms with Gasteiger partial charge in [0.05, 0.1) is 5.69 Å². The van der Waals surface area contributed by atoms with Crippen LogP contribution in [0.4, 0.5) is 11.5 Å². The summed E-state index contributed by atoms with van der Waals surface area (Å²) in [7, 11) is 0. The van der Waals surface area contributed by atoms with Crippen LogP contribution in [0.5, 0.6) is 0 Å². The molecule has 2 rings (SSSR count). The SMILES string of the molecule is CCOCc1nc(Cl)cc(Nc2ccc(Br)cc2Br)n1. The van der Waals surface area contributed by atoms with Gasteiger partial charge in [-0.1, -0.05) is 27.5 Å². The van der Waals surface area contributed by atoms with E-state index < -0.39 is 0 Å². The molecule has 0 bridgehead atoms. The number of hydrogen-bond acceptors (Lipinski definition) is 4. The van der Waals surface area contributed by atoms with E-state index >= 15 is 0 Å². The van der Waals surface area contributed by atoms with Crippen LogP contribution in [0.2, 0.25) is 5.15 Å². The molecule has 7 heteroatoms. The highest BCUT2D eigenvalue weighted by molar-refractivity contribution is 9.11. The van der Waals surface area contributed by atoms with Crippen LogP contribution < -0.4 is 5.32 Å². The minimum atomic E-state index is 0.341. The summed E-state index contributed by atoms with van der Waals surface area (Å²) in [6.45, 7) is 2.87. The maximum absolute atomic E-state index is 5.99. The van der Waals surface area contributed by atoms with E-state index in [9.17, 15) is 0 Å². The van der Waals surface area contributed by atoms with E-state index in [0.717, 1.165) is 14.6 Å². The summed E-state index contributed by atoms with van der Waals surface area (Å²) in [5.74, 6) is 1.18. The van der Waals surface area contributed by atoms with Crippen LogP contribution in [0.3, 0.4) is 0 Å². The molecule has 0 atom stereocenters. The summed E-state index contributed by atoms with van der Waals surface area (Å²) >= 11 is 12.9. The van der Waals surface area contributed by atoms with E-state index in [1.165, 1.54) is 0 Å². The van der Waals surface area contributed by atoms with Crippen LogP contribution in [-0.4, -0.2) is 16.6 Å². The van der Waals surface area contributed by atoms with Crippen LogP contribution in [0.25, 0.3) is 0 Å². The molecule has 4 nitrogen and oxygen atoms in total. The molecule has 0 aliphatic heterocycles. The maximum Gasteiger partial charge on any atom is 0.158 e. The Kier molecular flexibility index (Phi) is 5.77. The molecule has 106 valence electrons. The molecule has 20 heavy (non-hydrogen) atoms. The molecule has 1 aromatic heterocycles. The molecule has 0 amide bonds. The number of aromatic nitrogens is 2. The Balaban J connectivity index is 2.21. The van der Waals surface area contributed by atoms with E-state index in [4.69, 9.17) is 16.3 Å². The largest absolute Gasteiger partial charge is 0.374 e. The third-order valence-corrected chi connectivity index (χ3v) is 3.71. The van der Waals surface area contributed by atoms with Gasteiger partial charge in [-0.05, 0) is 41.1 Å². The number of halogens is 3. The van der Waals surface area contributed by atoms with E-state index in [2.05, 4.69) is 47.1 Å². The van der Waals surface area contributed by atoms with E-state index in [-0.39, 0.29) is 0 Å². The minimum Gasteiger partial charge on any atom is -0.374 e. The molecule has 1 heterocycles. The molecule has 0 fully saturated rings. The Morgan fingerprint density at radius 2 is 2.05 bits per heavy atom. The fourth-order valence-corrected chi connectivity index (χ4v) is 2.86. The smallest absolute Gasteiger partial charge is 0.158 e. The number of rotatable bonds is 5. The summed E-state index contributed by atoms with van der Waals surface area (Å²) in [5.41, 5.74) is 0.894. The molecule has 0 radical (unpaired) electrons. The molecule has 2 aromatic rings. The first kappa shape index (κ1) is 15.7. The fourth-order valence-electron chi connectivity index (χ4n) is 1.52. The normalized spacial score (nSPS) is 10.6. The average Bonchev–Trinajstić information content (AvgIpc) is 2.39. The zero-order valence-electron chi connectivity index (χ0n) is 10.7. The lowest BCUT2D eigenvalue weighted by molar-refractivity contribution is 0.128. The molecule has 0 aliphatic carbocycles. The number of ether oxygens (including phenoxy) is 1. The van der Waals surface area contributed by atoms with E-state index in [0.29, 0.717) is 30.0 Å². The molecular formula is C13H12Br2ClN3O. The Morgan fingerprint density at radius 1 is 1.25 bits per heavy atom. The molecule has 1 aromatic carbocycles. The van der Waals surface area contributed by atoms with Gasteiger partial charge in [0, 0.05) is 21.6 Å². The highest BCUT2D eigenvalue weighted by Crippen LogP contribution is 2.28. The Morgan fingerprint density at radius 3 is 2.75 bits per heavy atom. The summed E-state index contributed by atoms with van der Waals surface area (Å²) < 4.78 is 7.21. The van der Waals surface area contributed by atoms with E-state index in [1.807, 2.05) is 25.1 Å². The second kappa shape index (κ2) is 7.36. The van der Waals surface area contributed by atoms with Gasteiger partial charge in [-0.15, -0.1) is 0 Å². The van der Waals surface area contributed by atoms with Crippen molar-refractivity contribution in [3.8, 4) is 0 Å². The molecule has 0 spiro atoms. The monoisotopic (exact) mass is 419 g/mol. The van der Waals surface area contributed by atoms with Gasteiger partial charge < -0.3 is 10.1 Å². The van der Waals surface area contributed by atoms with Crippen molar-refractivity contribution in [3.63, 3.8) is 0 Å². The molecular weight excluding hydrogens is 409 g/mol. The molecule has 1 N–H and O–H groups in total. The van der Waals surface area contributed by atoms with Crippen LogP contribution in [0.1, 0.15) is 12.7 Å². The van der Waals surface area contributed by atoms with Crippen molar-refractivity contribution in [2.24, 2.45) is 0 Å². The van der Waals surface area contributed by atoms with Crippen LogP contribution in [0, 0.1) is 0 Å². The lowest BCUT2D eigenvalue weighted by Crippen LogP contribution is -2.03. The molecule has 0 saturated carbocycles. The first-order valence-electron chi connectivity index (χ1n) is 5.91. The van der Waals surface area contributed by atoms with Crippen molar-refractivity contribution in [1.29, 1.82) is 0 Å². The topological polar surface area (TPSA) is 47.0 Å². The van der Waals surface area contributed by atoms with E-state index in [1.54, 1.807) is 6.07 Å². The summed E-state index contributed by atoms with van der Waals surface area (Å²) in [4.78, 5) is 8.49. The highest BCUT2D eigenvalue weighted by Gasteiger charge is 2.06. The van der Waals surface area contributed by atoms with Gasteiger partial charge in [-0.25, -0.2) is 9.97 Å². The third kappa shape index (κ3) is 4.41. The molecule has 0 aliphatic rings. The van der Waals surface area contributed by atoms with Crippen molar-refractivity contribution in [2.75, 3.05) is 11.9 Å². The van der Waals surface area contributed by atoms with Gasteiger partial charge in [0.1, 0.15) is 17.6 Å². The van der Waals surface area contributed by atoms with Crippen molar-refractivity contribution in [1.82, 2.24) is 9.97 Å². The first-order chi connectivity index (χ1) is 9.58. The van der Waals surface area contributed by atoms with Crippen molar-refractivity contribution >= 4 is 55.0 Å². The summed E-state index contributed by atoms with van der Waals surface area (Å²) in [6, 6.07) is 7.50. The van der Waals surface area contributed by atoms with Crippen LogP contribution in [-0.2, 0) is 11.3 Å². The van der Waals surface area contributed by atoms with Gasteiger partial charge in [0.25, 0.3) is 0 Å². The maximum atomic E-state index is 5.99. The van der Waals surface area contributed by atoms with Crippen molar-refractivity contribution < 1.29 is 4.74 Å². The fraction of sp³-hybridized carbons (Fsp3) is 0.231. The van der Waals surface area contributed by atoms with Crippen molar-refractivity contribution in [2.45, 2.75) is 13.5 Å². The minimum absolute atomic E-state index is 0.341. The quantitative estimate of drug-likeness (QED) is 0.695. The Labute approximate surface area is 139 Å². The predicted octanol–water partition coefficient (Wildman–Crippen LogP) is 4.94. The number of anilines is 2. The van der Waals surface area contributed by atoms with Crippen LogP contribution in [0.15, 0.2) is 33.2 Å². The third-order valence-electron chi connectivity index (χ3n) is 2.37. The summed E-state index contributed by atoms with van der Waals surface area (Å²) in [5, 5.41) is 3.58. The first-order valence-corrected chi connectivity index (χ1v) is 7.88. The second-order valence-corrected chi connectivity index (χ2v) is 6.04. The summed E-state index contributed by atoms with van der Waals surface area (Å²) in [6.07, 6.45) is 0. The molecule has 0 saturated heterocycles. The standard InChI is InChI=1S/C13H12Br2ClN3O/c1-2-20-7-13-18-11(16)6-12(19-13)17-10-4-3-8(14)5-9(10)15/h3-6H,2,7H2,1H3,(H,17,18,19). The van der Waals surface area contributed by atoms with Crippen LogP contribution >= 0.6 is 43.5 Å². The predicted molar refractivity (Wildman–Crippen MR) is 87.5 cm³/mol. The highest BCUT2D eigenvalue weighted by atomic mass is 79.9. The van der Waals surface area contributed by atoms with Gasteiger partial charge in [-0.3, -0.25) is 0 Å². The van der Waals surface area contributed by atoms with Crippen molar-refractivity contribution in [3.05, 3.63) is 44.2 Å². The number of hydrogen-bond donors (Lipinski definition) is 1. The Bertz CT molecular complexity index is 610. The zero-order chi connectivity index (χ0) is 14.5.